The SMILES string of the molecule is Cn1cc(-c2ccc3cnc(NC(=O)[C@H]4CC[C@H](CO)CC4)cc3n2)cn1. The number of aliphatic hydroxyl groups is 1. The van der Waals surface area contributed by atoms with Crippen LogP contribution < -0.4 is 5.32 Å². The number of hydrogen-bond acceptors (Lipinski definition) is 5. The van der Waals surface area contributed by atoms with Gasteiger partial charge in [0.2, 0.25) is 5.91 Å². The van der Waals surface area contributed by atoms with Crippen LogP contribution in [0, 0.1) is 11.8 Å². The third-order valence-electron chi connectivity index (χ3n) is 5.30. The average Bonchev–Trinajstić information content (AvgIpc) is 3.14. The monoisotopic (exact) mass is 365 g/mol. The number of carbonyl (C=O) groups excluding carboxylic acids is 1. The molecular formula is C20H23N5O2. The van der Waals surface area contributed by atoms with E-state index in [9.17, 15) is 9.90 Å². The molecule has 0 aliphatic heterocycles. The van der Waals surface area contributed by atoms with Crippen LogP contribution in [0.5, 0.6) is 0 Å². The van der Waals surface area contributed by atoms with Gasteiger partial charge in [-0.2, -0.15) is 5.10 Å². The number of pyridine rings is 2. The number of aryl methyl sites for hydroxylation is 1. The first-order valence-corrected chi connectivity index (χ1v) is 9.30. The van der Waals surface area contributed by atoms with Crippen molar-refractivity contribution in [3.63, 3.8) is 0 Å². The molecule has 7 heteroatoms. The molecule has 3 aromatic rings. The molecule has 7 nitrogen and oxygen atoms in total. The minimum absolute atomic E-state index is 0.00153. The number of aromatic nitrogens is 4. The van der Waals surface area contributed by atoms with Crippen molar-refractivity contribution in [2.75, 3.05) is 11.9 Å². The molecule has 0 saturated heterocycles. The fourth-order valence-corrected chi connectivity index (χ4v) is 3.63. The second-order valence-electron chi connectivity index (χ2n) is 7.25. The fraction of sp³-hybridized carbons (Fsp3) is 0.400. The number of amides is 1. The van der Waals surface area contributed by atoms with Crippen molar-refractivity contribution >= 4 is 22.6 Å². The van der Waals surface area contributed by atoms with Gasteiger partial charge in [0.1, 0.15) is 5.82 Å². The van der Waals surface area contributed by atoms with Gasteiger partial charge >= 0.3 is 0 Å². The molecular weight excluding hydrogens is 342 g/mol. The van der Waals surface area contributed by atoms with E-state index in [4.69, 9.17) is 0 Å². The van der Waals surface area contributed by atoms with E-state index in [0.717, 1.165) is 47.8 Å². The molecule has 0 aromatic carbocycles. The Labute approximate surface area is 157 Å². The van der Waals surface area contributed by atoms with E-state index in [1.54, 1.807) is 17.1 Å². The summed E-state index contributed by atoms with van der Waals surface area (Å²) in [5.74, 6) is 0.845. The summed E-state index contributed by atoms with van der Waals surface area (Å²) in [6, 6.07) is 5.73. The second kappa shape index (κ2) is 7.44. The molecule has 1 saturated carbocycles. The first kappa shape index (κ1) is 17.6. The van der Waals surface area contributed by atoms with Gasteiger partial charge in [-0.1, -0.05) is 0 Å². The van der Waals surface area contributed by atoms with Gasteiger partial charge in [-0.3, -0.25) is 9.48 Å². The first-order valence-electron chi connectivity index (χ1n) is 9.30. The van der Waals surface area contributed by atoms with Crippen molar-refractivity contribution in [3.8, 4) is 11.3 Å². The number of carbonyl (C=O) groups is 1. The third-order valence-corrected chi connectivity index (χ3v) is 5.30. The smallest absolute Gasteiger partial charge is 0.228 e. The van der Waals surface area contributed by atoms with E-state index in [0.29, 0.717) is 11.7 Å². The summed E-state index contributed by atoms with van der Waals surface area (Å²) in [5.41, 5.74) is 2.56. The molecule has 0 bridgehead atoms. The lowest BCUT2D eigenvalue weighted by atomic mass is 9.82. The van der Waals surface area contributed by atoms with E-state index in [2.05, 4.69) is 20.4 Å². The summed E-state index contributed by atoms with van der Waals surface area (Å²) in [6.45, 7) is 0.214. The Bertz CT molecular complexity index is 960. The van der Waals surface area contributed by atoms with Crippen molar-refractivity contribution in [2.24, 2.45) is 18.9 Å². The molecule has 0 spiro atoms. The summed E-state index contributed by atoms with van der Waals surface area (Å²) in [4.78, 5) is 21.6. The predicted molar refractivity (Wildman–Crippen MR) is 103 cm³/mol. The zero-order valence-electron chi connectivity index (χ0n) is 15.3. The highest BCUT2D eigenvalue weighted by Gasteiger charge is 2.26. The molecule has 0 unspecified atom stereocenters. The summed E-state index contributed by atoms with van der Waals surface area (Å²) in [6.07, 6.45) is 8.85. The Morgan fingerprint density at radius 1 is 1.26 bits per heavy atom. The number of aliphatic hydroxyl groups excluding tert-OH is 1. The van der Waals surface area contributed by atoms with Crippen molar-refractivity contribution in [3.05, 3.63) is 36.8 Å². The maximum absolute atomic E-state index is 12.5. The van der Waals surface area contributed by atoms with Gasteiger partial charge in [-0.15, -0.1) is 0 Å². The Morgan fingerprint density at radius 3 is 2.78 bits per heavy atom. The molecule has 1 aliphatic carbocycles. The minimum atomic E-state index is -0.0139. The van der Waals surface area contributed by atoms with Crippen LogP contribution in [0.25, 0.3) is 22.2 Å². The molecule has 0 atom stereocenters. The van der Waals surface area contributed by atoms with Crippen LogP contribution in [0.15, 0.2) is 36.8 Å². The molecule has 3 aromatic heterocycles. The molecule has 2 N–H and O–H groups in total. The van der Waals surface area contributed by atoms with E-state index < -0.39 is 0 Å². The fourth-order valence-electron chi connectivity index (χ4n) is 3.63. The Balaban J connectivity index is 1.51. The van der Waals surface area contributed by atoms with Crippen LogP contribution in [0.4, 0.5) is 5.82 Å². The van der Waals surface area contributed by atoms with Gasteiger partial charge in [-0.05, 0) is 43.7 Å². The summed E-state index contributed by atoms with van der Waals surface area (Å²) < 4.78 is 1.74. The maximum Gasteiger partial charge on any atom is 0.228 e. The first-order chi connectivity index (χ1) is 13.1. The van der Waals surface area contributed by atoms with Gasteiger partial charge in [0.05, 0.1) is 17.4 Å². The maximum atomic E-state index is 12.5. The topological polar surface area (TPSA) is 92.9 Å². The Kier molecular flexibility index (Phi) is 4.85. The normalized spacial score (nSPS) is 19.9. The van der Waals surface area contributed by atoms with Crippen molar-refractivity contribution in [2.45, 2.75) is 25.7 Å². The summed E-state index contributed by atoms with van der Waals surface area (Å²) >= 11 is 0. The number of hydrogen-bond donors (Lipinski definition) is 2. The quantitative estimate of drug-likeness (QED) is 0.742. The van der Waals surface area contributed by atoms with Crippen LogP contribution in [0.2, 0.25) is 0 Å². The summed E-state index contributed by atoms with van der Waals surface area (Å²) in [5, 5.41) is 17.3. The van der Waals surface area contributed by atoms with Crippen LogP contribution in [-0.4, -0.2) is 37.4 Å². The van der Waals surface area contributed by atoms with Crippen molar-refractivity contribution in [1.29, 1.82) is 0 Å². The van der Waals surface area contributed by atoms with Crippen LogP contribution >= 0.6 is 0 Å². The summed E-state index contributed by atoms with van der Waals surface area (Å²) in [7, 11) is 1.87. The van der Waals surface area contributed by atoms with Gasteiger partial charge in [0.15, 0.2) is 0 Å². The lowest BCUT2D eigenvalue weighted by molar-refractivity contribution is -0.121. The molecule has 1 aliphatic rings. The van der Waals surface area contributed by atoms with E-state index >= 15 is 0 Å². The van der Waals surface area contributed by atoms with Crippen LogP contribution in [-0.2, 0) is 11.8 Å². The van der Waals surface area contributed by atoms with E-state index in [-0.39, 0.29) is 18.4 Å². The number of fused-ring (bicyclic) bond motifs is 1. The lowest BCUT2D eigenvalue weighted by Crippen LogP contribution is -2.28. The van der Waals surface area contributed by atoms with Gasteiger partial charge < -0.3 is 10.4 Å². The highest BCUT2D eigenvalue weighted by molar-refractivity contribution is 5.93. The van der Waals surface area contributed by atoms with Gasteiger partial charge in [-0.25, -0.2) is 9.97 Å². The minimum Gasteiger partial charge on any atom is -0.396 e. The largest absolute Gasteiger partial charge is 0.396 e. The van der Waals surface area contributed by atoms with Gasteiger partial charge in [0.25, 0.3) is 0 Å². The Morgan fingerprint density at radius 2 is 2.07 bits per heavy atom. The van der Waals surface area contributed by atoms with Crippen LogP contribution in [0.1, 0.15) is 25.7 Å². The molecule has 0 radical (unpaired) electrons. The van der Waals surface area contributed by atoms with Crippen molar-refractivity contribution < 1.29 is 9.90 Å². The third kappa shape index (κ3) is 3.83. The zero-order valence-corrected chi connectivity index (χ0v) is 15.3. The average molecular weight is 365 g/mol. The Hall–Kier alpha value is -2.80. The second-order valence-corrected chi connectivity index (χ2v) is 7.25. The van der Waals surface area contributed by atoms with Gasteiger partial charge in [0, 0.05) is 49.0 Å². The van der Waals surface area contributed by atoms with E-state index in [1.807, 2.05) is 31.4 Å². The predicted octanol–water partition coefficient (Wildman–Crippen LogP) is 2.77. The zero-order chi connectivity index (χ0) is 18.8. The highest BCUT2D eigenvalue weighted by atomic mass is 16.3. The van der Waals surface area contributed by atoms with Crippen molar-refractivity contribution in [1.82, 2.24) is 19.7 Å². The number of nitrogens with one attached hydrogen (secondary N) is 1. The lowest BCUT2D eigenvalue weighted by Gasteiger charge is -2.26. The number of rotatable bonds is 4. The molecule has 3 heterocycles. The molecule has 4 rings (SSSR count). The number of nitrogens with zero attached hydrogens (tertiary/aromatic N) is 4. The highest BCUT2D eigenvalue weighted by Crippen LogP contribution is 2.29. The standard InChI is InChI=1S/C20H23N5O2/c1-25-11-16(10-22-25)17-7-6-15-9-21-19(8-18(15)23-17)24-20(27)14-4-2-13(12-26)3-5-14/h6-11,13-14,26H,2-5,12H2,1H3,(H,21,24,27)/t13-,14-. The van der Waals surface area contributed by atoms with E-state index in [1.165, 1.54) is 0 Å². The molecule has 140 valence electrons. The molecule has 1 fully saturated rings. The number of anilines is 1. The molecule has 1 amide bonds. The molecule has 27 heavy (non-hydrogen) atoms. The van der Waals surface area contributed by atoms with Crippen LogP contribution in [0.3, 0.4) is 0 Å².